The second-order valence-corrected chi connectivity index (χ2v) is 14.4. The van der Waals surface area contributed by atoms with Gasteiger partial charge in [0.1, 0.15) is 10.0 Å². The summed E-state index contributed by atoms with van der Waals surface area (Å²) in [5.41, 5.74) is 3.63. The minimum absolute atomic E-state index is 0. The molecule has 1 amide bonds. The highest BCUT2D eigenvalue weighted by Crippen LogP contribution is 2.45. The number of nitrogens with one attached hydrogen (secondary N) is 1. The molecule has 0 spiro atoms. The average molecular weight is 633 g/mol. The molecule has 2 aliphatic heterocycles. The van der Waals surface area contributed by atoms with Crippen molar-refractivity contribution in [3.8, 4) is 10.6 Å². The Morgan fingerprint density at radius 1 is 1.17 bits per heavy atom. The van der Waals surface area contributed by atoms with Crippen molar-refractivity contribution in [3.05, 3.63) is 64.5 Å². The third-order valence-electron chi connectivity index (χ3n) is 7.63. The van der Waals surface area contributed by atoms with E-state index in [0.29, 0.717) is 18.7 Å². The van der Waals surface area contributed by atoms with Gasteiger partial charge in [0.05, 0.1) is 21.2 Å². The number of fused-ring (bicyclic) bond motifs is 2. The molecule has 8 nitrogen and oxygen atoms in total. The van der Waals surface area contributed by atoms with Crippen molar-refractivity contribution in [1.82, 2.24) is 14.2 Å². The molecule has 0 saturated carbocycles. The quantitative estimate of drug-likeness (QED) is 0.261. The molecule has 41 heavy (non-hydrogen) atoms. The molecule has 0 aliphatic carbocycles. The molecule has 0 radical (unpaired) electrons. The monoisotopic (exact) mass is 632 g/mol. The highest BCUT2D eigenvalue weighted by Gasteiger charge is 2.29. The number of thiophene rings is 1. The summed E-state index contributed by atoms with van der Waals surface area (Å²) in [5, 5.41) is 4.84. The second kappa shape index (κ2) is 12.5. The third-order valence-corrected chi connectivity index (χ3v) is 11.7. The Morgan fingerprint density at radius 3 is 2.66 bits per heavy atom. The summed E-state index contributed by atoms with van der Waals surface area (Å²) in [6, 6.07) is 14.2. The fraction of sp³-hybridized carbons (Fsp3) is 0.379. The molecule has 218 valence electrons. The lowest BCUT2D eigenvalue weighted by molar-refractivity contribution is 0.0979. The number of hydrogen-bond acceptors (Lipinski definition) is 8. The Kier molecular flexibility index (Phi) is 9.15. The number of sulfonamides is 1. The highest BCUT2D eigenvalue weighted by molar-refractivity contribution is 7.89. The Balaban J connectivity index is 0.00000337. The van der Waals surface area contributed by atoms with Crippen LogP contribution in [-0.2, 0) is 27.7 Å². The number of likely N-dealkylation sites (N-methyl/N-ethyl adjacent to an activating group) is 2. The minimum atomic E-state index is -3.68. The molecule has 1 N–H and O–H groups in total. The van der Waals surface area contributed by atoms with Gasteiger partial charge in [-0.05, 0) is 67.8 Å². The molecule has 1 unspecified atom stereocenters. The number of carbonyl (C=O) groups excluding carboxylic acids is 1. The maximum absolute atomic E-state index is 13.4. The Morgan fingerprint density at radius 2 is 1.95 bits per heavy atom. The molecule has 6 rings (SSSR count). The number of benzene rings is 2. The predicted octanol–water partition coefficient (Wildman–Crippen LogP) is 5.88. The lowest BCUT2D eigenvalue weighted by Gasteiger charge is -2.25. The van der Waals surface area contributed by atoms with Gasteiger partial charge >= 0.3 is 0 Å². The molecule has 1 fully saturated rings. The molecule has 1 atom stereocenters. The van der Waals surface area contributed by atoms with E-state index in [2.05, 4.69) is 23.2 Å². The van der Waals surface area contributed by atoms with Crippen LogP contribution in [0.4, 0.5) is 5.00 Å². The van der Waals surface area contributed by atoms with Crippen LogP contribution in [0.5, 0.6) is 0 Å². The first-order chi connectivity index (χ1) is 19.3. The zero-order valence-corrected chi connectivity index (χ0v) is 26.2. The van der Waals surface area contributed by atoms with Crippen molar-refractivity contribution in [3.63, 3.8) is 0 Å². The molecular weight excluding hydrogens is 600 g/mol. The number of nitrogens with zero attached hydrogens (tertiary/aromatic N) is 3. The smallest absolute Gasteiger partial charge is 0.256 e. The summed E-state index contributed by atoms with van der Waals surface area (Å²) in [5.74, 6) is -0.273. The molecule has 2 aromatic heterocycles. The first-order valence-electron chi connectivity index (χ1n) is 13.6. The predicted molar refractivity (Wildman–Crippen MR) is 168 cm³/mol. The van der Waals surface area contributed by atoms with Gasteiger partial charge in [-0.1, -0.05) is 19.1 Å². The minimum Gasteiger partial charge on any atom is -0.377 e. The van der Waals surface area contributed by atoms with Crippen LogP contribution in [0, 0.1) is 0 Å². The number of anilines is 1. The van der Waals surface area contributed by atoms with Gasteiger partial charge in [-0.2, -0.15) is 4.31 Å². The Labute approximate surface area is 254 Å². The van der Waals surface area contributed by atoms with Crippen molar-refractivity contribution in [2.24, 2.45) is 0 Å². The number of amides is 1. The van der Waals surface area contributed by atoms with Gasteiger partial charge < -0.3 is 10.1 Å². The van der Waals surface area contributed by atoms with E-state index in [1.165, 1.54) is 26.9 Å². The standard InChI is InChI=1S/C29H32N4O4S3.ClH/c1-3-33-15-14-22-25(18-33)39-29(26(22)28-30-23-8-4-5-9-24(23)38-28)31-27(34)19-10-12-21(13-11-19)40(35,36)32(2)17-20-7-6-16-37-20;/h4-5,8-13,20H,3,6-7,14-18H2,1-2H3,(H,31,34);1H. The average Bonchev–Trinajstić information content (AvgIpc) is 3.70. The fourth-order valence-corrected chi connectivity index (χ4v) is 8.92. The lowest BCUT2D eigenvalue weighted by Crippen LogP contribution is -2.34. The van der Waals surface area contributed by atoms with Crippen LogP contribution in [0.1, 0.15) is 40.6 Å². The summed E-state index contributed by atoms with van der Waals surface area (Å²) >= 11 is 3.25. The number of rotatable bonds is 8. The zero-order valence-electron chi connectivity index (χ0n) is 23.0. The number of carbonyl (C=O) groups is 1. The maximum atomic E-state index is 13.4. The Hall–Kier alpha value is -2.38. The van der Waals surface area contributed by atoms with Crippen molar-refractivity contribution in [1.29, 1.82) is 0 Å². The van der Waals surface area contributed by atoms with Crippen molar-refractivity contribution in [2.45, 2.75) is 43.7 Å². The largest absolute Gasteiger partial charge is 0.377 e. The van der Waals surface area contributed by atoms with Gasteiger partial charge in [0.2, 0.25) is 10.0 Å². The van der Waals surface area contributed by atoms with E-state index < -0.39 is 10.0 Å². The normalized spacial score (nSPS) is 17.5. The molecule has 12 heteroatoms. The van der Waals surface area contributed by atoms with Gasteiger partial charge in [0.15, 0.2) is 0 Å². The summed E-state index contributed by atoms with van der Waals surface area (Å²) in [7, 11) is -2.11. The Bertz CT molecular complexity index is 1610. The van der Waals surface area contributed by atoms with Crippen LogP contribution >= 0.6 is 35.1 Å². The summed E-state index contributed by atoms with van der Waals surface area (Å²) < 4.78 is 34.2. The summed E-state index contributed by atoms with van der Waals surface area (Å²) in [6.07, 6.45) is 2.65. The zero-order chi connectivity index (χ0) is 27.9. The van der Waals surface area contributed by atoms with Crippen LogP contribution in [0.15, 0.2) is 53.4 Å². The van der Waals surface area contributed by atoms with E-state index in [-0.39, 0.29) is 29.3 Å². The van der Waals surface area contributed by atoms with E-state index in [9.17, 15) is 13.2 Å². The number of thiazole rings is 1. The summed E-state index contributed by atoms with van der Waals surface area (Å²) in [4.78, 5) is 22.2. The highest BCUT2D eigenvalue weighted by atomic mass is 35.5. The first kappa shape index (κ1) is 30.1. The molecule has 2 aliphatic rings. The molecule has 2 aromatic carbocycles. The molecule has 0 bridgehead atoms. The van der Waals surface area contributed by atoms with Gasteiger partial charge in [-0.25, -0.2) is 13.4 Å². The summed E-state index contributed by atoms with van der Waals surface area (Å²) in [6.45, 7) is 5.97. The van der Waals surface area contributed by atoms with Crippen molar-refractivity contribution in [2.75, 3.05) is 38.6 Å². The SMILES string of the molecule is CCN1CCc2c(sc(NC(=O)c3ccc(S(=O)(=O)N(C)CC4CCCO4)cc3)c2-c2nc3ccccc3s2)C1.Cl. The number of ether oxygens (including phenoxy) is 1. The van der Waals surface area contributed by atoms with Crippen molar-refractivity contribution >= 4 is 66.2 Å². The van der Waals surface area contributed by atoms with Crippen molar-refractivity contribution < 1.29 is 17.9 Å². The number of para-hydroxylation sites is 1. The number of aromatic nitrogens is 1. The van der Waals surface area contributed by atoms with E-state index in [1.54, 1.807) is 41.9 Å². The third kappa shape index (κ3) is 6.08. The second-order valence-electron chi connectivity index (χ2n) is 10.2. The van der Waals surface area contributed by atoms with E-state index >= 15 is 0 Å². The van der Waals surface area contributed by atoms with E-state index in [4.69, 9.17) is 9.72 Å². The van der Waals surface area contributed by atoms with Crippen LogP contribution in [0.2, 0.25) is 0 Å². The maximum Gasteiger partial charge on any atom is 0.256 e. The number of halogens is 1. The first-order valence-corrected chi connectivity index (χ1v) is 16.6. The van der Waals surface area contributed by atoms with Crippen LogP contribution in [0.25, 0.3) is 20.8 Å². The molecular formula is C29H33ClN4O4S3. The topological polar surface area (TPSA) is 91.8 Å². The number of hydrogen-bond donors (Lipinski definition) is 1. The van der Waals surface area contributed by atoms with Gasteiger partial charge in [-0.3, -0.25) is 9.69 Å². The fourth-order valence-electron chi connectivity index (χ4n) is 5.33. The van der Waals surface area contributed by atoms with Gasteiger partial charge in [0, 0.05) is 49.3 Å². The molecule has 1 saturated heterocycles. The van der Waals surface area contributed by atoms with Crippen LogP contribution < -0.4 is 5.32 Å². The van der Waals surface area contributed by atoms with Crippen LogP contribution in [-0.4, -0.2) is 67.9 Å². The van der Waals surface area contributed by atoms with Gasteiger partial charge in [-0.15, -0.1) is 35.1 Å². The van der Waals surface area contributed by atoms with Gasteiger partial charge in [0.25, 0.3) is 5.91 Å². The lowest BCUT2D eigenvalue weighted by atomic mass is 10.0. The molecule has 4 heterocycles. The van der Waals surface area contributed by atoms with Crippen LogP contribution in [0.3, 0.4) is 0 Å². The molecule has 4 aromatic rings. The van der Waals surface area contributed by atoms with E-state index in [1.807, 2.05) is 18.2 Å². The van der Waals surface area contributed by atoms with E-state index in [0.717, 1.165) is 64.7 Å².